The largest absolute Gasteiger partial charge is 0.336 e. The van der Waals surface area contributed by atoms with Crippen LogP contribution in [0.4, 0.5) is 5.69 Å². The lowest BCUT2D eigenvalue weighted by Crippen LogP contribution is -2.50. The molecule has 23 heavy (non-hydrogen) atoms. The van der Waals surface area contributed by atoms with Crippen molar-refractivity contribution in [2.24, 2.45) is 5.92 Å². The second kappa shape index (κ2) is 7.42. The van der Waals surface area contributed by atoms with Crippen molar-refractivity contribution in [1.29, 1.82) is 0 Å². The van der Waals surface area contributed by atoms with E-state index in [4.69, 9.17) is 4.55 Å². The quantitative estimate of drug-likeness (QED) is 0.804. The van der Waals surface area contributed by atoms with Crippen LogP contribution in [0.2, 0.25) is 0 Å². The van der Waals surface area contributed by atoms with E-state index in [0.717, 1.165) is 32.1 Å². The van der Waals surface area contributed by atoms with Gasteiger partial charge < -0.3 is 4.90 Å². The lowest BCUT2D eigenvalue weighted by molar-refractivity contribution is 0.0591. The molecule has 1 saturated carbocycles. The molecule has 3 rings (SSSR count). The third kappa shape index (κ3) is 4.31. The Hall–Kier alpha value is -1.44. The van der Waals surface area contributed by atoms with Gasteiger partial charge >= 0.3 is 0 Å². The van der Waals surface area contributed by atoms with Crippen LogP contribution in [0.15, 0.2) is 24.3 Å². The molecule has 7 heteroatoms. The molecule has 1 aliphatic heterocycles. The van der Waals surface area contributed by atoms with E-state index in [1.807, 2.05) is 4.90 Å². The summed E-state index contributed by atoms with van der Waals surface area (Å²) in [5, 5.41) is 0. The fourth-order valence-electron chi connectivity index (χ4n) is 3.14. The average Bonchev–Trinajstić information content (AvgIpc) is 2.51. The van der Waals surface area contributed by atoms with E-state index in [1.54, 1.807) is 24.3 Å². The summed E-state index contributed by atoms with van der Waals surface area (Å²) >= 11 is -2.09. The van der Waals surface area contributed by atoms with Crippen LogP contribution >= 0.6 is 0 Å². The molecule has 0 radical (unpaired) electrons. The van der Waals surface area contributed by atoms with Crippen LogP contribution in [0, 0.1) is 5.92 Å². The molecule has 1 aromatic carbocycles. The third-order valence-electron chi connectivity index (χ3n) is 4.74. The maximum absolute atomic E-state index is 12.5. The number of hydrogen-bond donors (Lipinski definition) is 2. The Bertz CT molecular complexity index is 566. The Morgan fingerprint density at radius 2 is 1.83 bits per heavy atom. The van der Waals surface area contributed by atoms with Crippen molar-refractivity contribution in [3.63, 3.8) is 0 Å². The Kier molecular flexibility index (Phi) is 5.30. The molecule has 1 atom stereocenters. The number of nitrogens with zero attached hydrogens (tertiary/aromatic N) is 2. The number of carbonyl (C=O) groups is 1. The average molecular weight is 337 g/mol. The summed E-state index contributed by atoms with van der Waals surface area (Å²) < 4.78 is 21.8. The summed E-state index contributed by atoms with van der Waals surface area (Å²) in [7, 11) is 0. The SMILES string of the molecule is O=C(c1ccc(NS(=O)O)cc1)N1CCN(CC2CCC2)CC1. The van der Waals surface area contributed by atoms with Crippen molar-refractivity contribution in [3.05, 3.63) is 29.8 Å². The standard InChI is InChI=1S/C16H23N3O3S/c20-16(14-4-6-15(7-5-14)17-23(21)22)19-10-8-18(9-11-19)12-13-2-1-3-13/h4-7,13,17H,1-3,8-12H2,(H,21,22). The Morgan fingerprint density at radius 3 is 2.35 bits per heavy atom. The molecule has 1 saturated heterocycles. The van der Waals surface area contributed by atoms with Crippen LogP contribution in [-0.4, -0.2) is 57.2 Å². The summed E-state index contributed by atoms with van der Waals surface area (Å²) in [4.78, 5) is 16.9. The molecule has 2 N–H and O–H groups in total. The maximum atomic E-state index is 12.5. The lowest BCUT2D eigenvalue weighted by atomic mass is 9.85. The molecule has 0 spiro atoms. The molecular formula is C16H23N3O3S. The summed E-state index contributed by atoms with van der Waals surface area (Å²) in [5.74, 6) is 0.902. The number of carbonyl (C=O) groups excluding carboxylic acids is 1. The van der Waals surface area contributed by atoms with Crippen LogP contribution in [0.25, 0.3) is 0 Å². The predicted molar refractivity (Wildman–Crippen MR) is 90.5 cm³/mol. The topological polar surface area (TPSA) is 72.9 Å². The number of hydrogen-bond acceptors (Lipinski definition) is 3. The molecule has 2 fully saturated rings. The second-order valence-electron chi connectivity index (χ2n) is 6.32. The van der Waals surface area contributed by atoms with E-state index in [1.165, 1.54) is 25.8 Å². The highest BCUT2D eigenvalue weighted by molar-refractivity contribution is 7.80. The van der Waals surface area contributed by atoms with Crippen LogP contribution < -0.4 is 4.72 Å². The van der Waals surface area contributed by atoms with Crippen molar-refractivity contribution in [2.75, 3.05) is 37.4 Å². The summed E-state index contributed by atoms with van der Waals surface area (Å²) in [6.45, 7) is 4.62. The molecule has 2 aliphatic rings. The van der Waals surface area contributed by atoms with E-state index in [0.29, 0.717) is 11.3 Å². The summed E-state index contributed by atoms with van der Waals surface area (Å²) in [6.07, 6.45) is 4.09. The number of nitrogens with one attached hydrogen (secondary N) is 1. The molecule has 1 heterocycles. The van der Waals surface area contributed by atoms with Gasteiger partial charge in [0.2, 0.25) is 0 Å². The van der Waals surface area contributed by atoms with Gasteiger partial charge in [0.25, 0.3) is 17.2 Å². The zero-order valence-corrected chi connectivity index (χ0v) is 13.9. The molecule has 0 bridgehead atoms. The maximum Gasteiger partial charge on any atom is 0.259 e. The van der Waals surface area contributed by atoms with Gasteiger partial charge in [-0.25, -0.2) is 4.21 Å². The number of piperazine rings is 1. The van der Waals surface area contributed by atoms with Gasteiger partial charge in [-0.3, -0.25) is 19.0 Å². The first-order valence-electron chi connectivity index (χ1n) is 8.11. The van der Waals surface area contributed by atoms with Crippen LogP contribution in [0.3, 0.4) is 0 Å². The van der Waals surface area contributed by atoms with Gasteiger partial charge in [-0.2, -0.15) is 0 Å². The van der Waals surface area contributed by atoms with E-state index in [-0.39, 0.29) is 5.91 Å². The first-order valence-corrected chi connectivity index (χ1v) is 9.22. The van der Waals surface area contributed by atoms with Gasteiger partial charge in [-0.05, 0) is 43.0 Å². The minimum absolute atomic E-state index is 0.0324. The highest BCUT2D eigenvalue weighted by Gasteiger charge is 2.25. The van der Waals surface area contributed by atoms with Gasteiger partial charge in [-0.15, -0.1) is 0 Å². The number of benzene rings is 1. The minimum Gasteiger partial charge on any atom is -0.336 e. The first-order chi connectivity index (χ1) is 11.1. The molecule has 1 amide bonds. The highest BCUT2D eigenvalue weighted by Crippen LogP contribution is 2.27. The van der Waals surface area contributed by atoms with Crippen molar-refractivity contribution in [3.8, 4) is 0 Å². The van der Waals surface area contributed by atoms with E-state index in [9.17, 15) is 9.00 Å². The van der Waals surface area contributed by atoms with E-state index >= 15 is 0 Å². The zero-order chi connectivity index (χ0) is 16.2. The molecule has 1 unspecified atom stereocenters. The fourth-order valence-corrected chi connectivity index (χ4v) is 3.48. The first kappa shape index (κ1) is 16.4. The van der Waals surface area contributed by atoms with E-state index in [2.05, 4.69) is 9.62 Å². The van der Waals surface area contributed by atoms with Crippen LogP contribution in [0.1, 0.15) is 29.6 Å². The molecule has 6 nitrogen and oxygen atoms in total. The van der Waals surface area contributed by atoms with Crippen LogP contribution in [0.5, 0.6) is 0 Å². The van der Waals surface area contributed by atoms with Gasteiger partial charge in [0.1, 0.15) is 0 Å². The fraction of sp³-hybridized carbons (Fsp3) is 0.562. The Labute approximate surface area is 139 Å². The number of amides is 1. The van der Waals surface area contributed by atoms with E-state index < -0.39 is 11.3 Å². The summed E-state index contributed by atoms with van der Waals surface area (Å²) in [6, 6.07) is 6.68. The molecule has 1 aromatic rings. The molecule has 0 aromatic heterocycles. The Morgan fingerprint density at radius 1 is 1.17 bits per heavy atom. The van der Waals surface area contributed by atoms with Gasteiger partial charge in [0.05, 0.1) is 0 Å². The van der Waals surface area contributed by atoms with Crippen molar-refractivity contribution >= 4 is 22.9 Å². The zero-order valence-electron chi connectivity index (χ0n) is 13.1. The highest BCUT2D eigenvalue weighted by atomic mass is 32.2. The van der Waals surface area contributed by atoms with Crippen molar-refractivity contribution < 1.29 is 13.6 Å². The summed E-state index contributed by atoms with van der Waals surface area (Å²) in [5.41, 5.74) is 1.14. The number of rotatable bonds is 5. The Balaban J connectivity index is 1.51. The van der Waals surface area contributed by atoms with Crippen LogP contribution in [-0.2, 0) is 11.3 Å². The monoisotopic (exact) mass is 337 g/mol. The molecule has 1 aliphatic carbocycles. The third-order valence-corrected chi connectivity index (χ3v) is 5.15. The van der Waals surface area contributed by atoms with Gasteiger partial charge in [-0.1, -0.05) is 6.42 Å². The van der Waals surface area contributed by atoms with Crippen molar-refractivity contribution in [2.45, 2.75) is 19.3 Å². The predicted octanol–water partition coefficient (Wildman–Crippen LogP) is 1.79. The minimum atomic E-state index is -2.09. The molecular weight excluding hydrogens is 314 g/mol. The number of anilines is 1. The van der Waals surface area contributed by atoms with Gasteiger partial charge in [0, 0.05) is 44.0 Å². The van der Waals surface area contributed by atoms with Gasteiger partial charge in [0.15, 0.2) is 0 Å². The lowest BCUT2D eigenvalue weighted by Gasteiger charge is -2.38. The normalized spacial score (nSPS) is 20.8. The molecule has 126 valence electrons. The van der Waals surface area contributed by atoms with Crippen molar-refractivity contribution in [1.82, 2.24) is 9.80 Å². The second-order valence-corrected chi connectivity index (χ2v) is 7.02. The smallest absolute Gasteiger partial charge is 0.259 e.